The Kier molecular flexibility index (Phi) is 3.68. The van der Waals surface area contributed by atoms with Crippen molar-refractivity contribution in [2.45, 2.75) is 25.3 Å². The van der Waals surface area contributed by atoms with Crippen molar-refractivity contribution < 1.29 is 9.90 Å². The van der Waals surface area contributed by atoms with Crippen LogP contribution in [0, 0.1) is 5.92 Å². The molecule has 1 aliphatic rings. The first-order chi connectivity index (χ1) is 4.20. The van der Waals surface area contributed by atoms with Crippen LogP contribution in [0.3, 0.4) is 0 Å². The molecule has 1 saturated carbocycles. The Morgan fingerprint density at radius 1 is 1.50 bits per heavy atom. The number of hydrogen-bond acceptors (Lipinski definition) is 2. The number of carboxylic acids is 1. The van der Waals surface area contributed by atoms with Gasteiger partial charge in [-0.3, -0.25) is 4.79 Å². The van der Waals surface area contributed by atoms with E-state index in [1.807, 2.05) is 0 Å². The fraction of sp³-hybridized carbons (Fsp3) is 0.833. The average Bonchev–Trinajstić information content (AvgIpc) is 2.14. The van der Waals surface area contributed by atoms with E-state index in [2.05, 4.69) is 0 Å². The summed E-state index contributed by atoms with van der Waals surface area (Å²) in [6, 6.07) is 0.131. The minimum Gasteiger partial charge on any atom is -0.481 e. The standard InChI is InChI=1S/C6H11NO2.ClH/c7-5-2-1-4(3-5)6(8)9;/h4-5H,1-3,7H2,(H,8,9);1H. The Balaban J connectivity index is 0.000000810. The highest BCUT2D eigenvalue weighted by Gasteiger charge is 2.26. The molecule has 0 amide bonds. The SMILES string of the molecule is Cl.NC1CCC(C(=O)O)C1. The van der Waals surface area contributed by atoms with E-state index < -0.39 is 5.97 Å². The molecule has 3 nitrogen and oxygen atoms in total. The molecule has 0 radical (unpaired) electrons. The summed E-state index contributed by atoms with van der Waals surface area (Å²) in [5.74, 6) is -0.858. The maximum absolute atomic E-state index is 10.3. The predicted octanol–water partition coefficient (Wildman–Crippen LogP) is 0.620. The number of halogens is 1. The highest BCUT2D eigenvalue weighted by Crippen LogP contribution is 2.23. The van der Waals surface area contributed by atoms with Crippen molar-refractivity contribution in [1.82, 2.24) is 0 Å². The zero-order valence-electron chi connectivity index (χ0n) is 5.62. The summed E-state index contributed by atoms with van der Waals surface area (Å²) in [5.41, 5.74) is 5.50. The summed E-state index contributed by atoms with van der Waals surface area (Å²) in [5, 5.41) is 8.48. The van der Waals surface area contributed by atoms with Gasteiger partial charge in [0, 0.05) is 6.04 Å². The number of nitrogens with two attached hydrogens (primary N) is 1. The van der Waals surface area contributed by atoms with Gasteiger partial charge in [-0.2, -0.15) is 0 Å². The number of hydrogen-bond donors (Lipinski definition) is 2. The van der Waals surface area contributed by atoms with E-state index >= 15 is 0 Å². The summed E-state index contributed by atoms with van der Waals surface area (Å²) in [4.78, 5) is 10.3. The average molecular weight is 166 g/mol. The van der Waals surface area contributed by atoms with Gasteiger partial charge in [0.2, 0.25) is 0 Å². The second-order valence-electron chi connectivity index (χ2n) is 2.61. The van der Waals surface area contributed by atoms with Crippen molar-refractivity contribution in [3.63, 3.8) is 0 Å². The Morgan fingerprint density at radius 3 is 2.30 bits per heavy atom. The van der Waals surface area contributed by atoms with Crippen molar-refractivity contribution in [1.29, 1.82) is 0 Å². The quantitative estimate of drug-likeness (QED) is 0.599. The van der Waals surface area contributed by atoms with E-state index in [4.69, 9.17) is 10.8 Å². The van der Waals surface area contributed by atoms with Crippen LogP contribution in [-0.2, 0) is 4.79 Å². The Bertz CT molecular complexity index is 129. The maximum Gasteiger partial charge on any atom is 0.306 e. The molecule has 0 aliphatic heterocycles. The topological polar surface area (TPSA) is 63.3 Å². The van der Waals surface area contributed by atoms with E-state index in [0.717, 1.165) is 12.8 Å². The molecule has 0 saturated heterocycles. The predicted molar refractivity (Wildman–Crippen MR) is 40.2 cm³/mol. The first-order valence-electron chi connectivity index (χ1n) is 3.18. The number of aliphatic carboxylic acids is 1. The molecule has 2 unspecified atom stereocenters. The molecule has 60 valence electrons. The maximum atomic E-state index is 10.3. The van der Waals surface area contributed by atoms with E-state index in [1.165, 1.54) is 0 Å². The van der Waals surface area contributed by atoms with Gasteiger partial charge in [0.25, 0.3) is 0 Å². The van der Waals surface area contributed by atoms with E-state index in [1.54, 1.807) is 0 Å². The van der Waals surface area contributed by atoms with Gasteiger partial charge in [0.15, 0.2) is 0 Å². The zero-order chi connectivity index (χ0) is 6.85. The van der Waals surface area contributed by atoms with Gasteiger partial charge in [-0.15, -0.1) is 12.4 Å². The second kappa shape index (κ2) is 3.78. The van der Waals surface area contributed by atoms with Crippen LogP contribution in [0.5, 0.6) is 0 Å². The molecular weight excluding hydrogens is 154 g/mol. The van der Waals surface area contributed by atoms with Gasteiger partial charge < -0.3 is 10.8 Å². The summed E-state index contributed by atoms with van der Waals surface area (Å²) in [6.45, 7) is 0. The molecule has 3 N–H and O–H groups in total. The molecular formula is C6H12ClNO2. The summed E-state index contributed by atoms with van der Waals surface area (Å²) < 4.78 is 0. The number of rotatable bonds is 1. The van der Waals surface area contributed by atoms with Crippen LogP contribution in [-0.4, -0.2) is 17.1 Å². The van der Waals surface area contributed by atoms with Gasteiger partial charge in [-0.05, 0) is 19.3 Å². The third-order valence-corrected chi connectivity index (χ3v) is 1.82. The van der Waals surface area contributed by atoms with Crippen LogP contribution in [0.25, 0.3) is 0 Å². The highest BCUT2D eigenvalue weighted by molar-refractivity contribution is 5.85. The fourth-order valence-corrected chi connectivity index (χ4v) is 1.24. The minimum absolute atomic E-state index is 0. The van der Waals surface area contributed by atoms with Gasteiger partial charge >= 0.3 is 5.97 Å². The number of carbonyl (C=O) groups is 1. The molecule has 0 heterocycles. The van der Waals surface area contributed by atoms with Gasteiger partial charge in [0.05, 0.1) is 5.92 Å². The Morgan fingerprint density at radius 2 is 2.10 bits per heavy atom. The molecule has 1 rings (SSSR count). The first-order valence-corrected chi connectivity index (χ1v) is 3.18. The second-order valence-corrected chi connectivity index (χ2v) is 2.61. The van der Waals surface area contributed by atoms with E-state index in [-0.39, 0.29) is 24.4 Å². The molecule has 0 spiro atoms. The lowest BCUT2D eigenvalue weighted by atomic mass is 10.1. The smallest absolute Gasteiger partial charge is 0.306 e. The summed E-state index contributed by atoms with van der Waals surface area (Å²) in [6.07, 6.45) is 2.29. The lowest BCUT2D eigenvalue weighted by Crippen LogP contribution is -2.17. The summed E-state index contributed by atoms with van der Waals surface area (Å²) >= 11 is 0. The normalized spacial score (nSPS) is 31.3. The Hall–Kier alpha value is -0.280. The zero-order valence-corrected chi connectivity index (χ0v) is 6.43. The van der Waals surface area contributed by atoms with E-state index in [9.17, 15) is 4.79 Å². The van der Waals surface area contributed by atoms with Crippen LogP contribution in [0.15, 0.2) is 0 Å². The fourth-order valence-electron chi connectivity index (χ4n) is 1.24. The molecule has 2 atom stereocenters. The molecule has 1 aliphatic carbocycles. The van der Waals surface area contributed by atoms with Gasteiger partial charge in [-0.1, -0.05) is 0 Å². The van der Waals surface area contributed by atoms with Crippen LogP contribution in [0.4, 0.5) is 0 Å². The van der Waals surface area contributed by atoms with Crippen LogP contribution >= 0.6 is 12.4 Å². The molecule has 0 aromatic heterocycles. The van der Waals surface area contributed by atoms with Crippen LogP contribution in [0.2, 0.25) is 0 Å². The van der Waals surface area contributed by atoms with Crippen molar-refractivity contribution >= 4 is 18.4 Å². The largest absolute Gasteiger partial charge is 0.481 e. The molecule has 0 aromatic rings. The van der Waals surface area contributed by atoms with Crippen molar-refractivity contribution in [2.24, 2.45) is 11.7 Å². The van der Waals surface area contributed by atoms with Gasteiger partial charge in [0.1, 0.15) is 0 Å². The lowest BCUT2D eigenvalue weighted by Gasteiger charge is -1.99. The number of carboxylic acid groups (broad SMARTS) is 1. The third-order valence-electron chi connectivity index (χ3n) is 1.82. The monoisotopic (exact) mass is 165 g/mol. The van der Waals surface area contributed by atoms with Crippen molar-refractivity contribution in [3.05, 3.63) is 0 Å². The summed E-state index contributed by atoms with van der Waals surface area (Å²) in [7, 11) is 0. The molecule has 4 heteroatoms. The van der Waals surface area contributed by atoms with Crippen LogP contribution < -0.4 is 5.73 Å². The Labute approximate surface area is 66.0 Å². The lowest BCUT2D eigenvalue weighted by molar-refractivity contribution is -0.141. The molecule has 0 bridgehead atoms. The minimum atomic E-state index is -0.692. The van der Waals surface area contributed by atoms with Crippen molar-refractivity contribution in [3.8, 4) is 0 Å². The van der Waals surface area contributed by atoms with Crippen molar-refractivity contribution in [2.75, 3.05) is 0 Å². The van der Waals surface area contributed by atoms with Gasteiger partial charge in [-0.25, -0.2) is 0 Å². The molecule has 1 fully saturated rings. The van der Waals surface area contributed by atoms with E-state index in [0.29, 0.717) is 6.42 Å². The van der Waals surface area contributed by atoms with Crippen LogP contribution in [0.1, 0.15) is 19.3 Å². The first kappa shape index (κ1) is 9.72. The third kappa shape index (κ3) is 2.15. The highest BCUT2D eigenvalue weighted by atomic mass is 35.5. The molecule has 10 heavy (non-hydrogen) atoms. The molecule has 0 aromatic carbocycles.